The largest absolute Gasteiger partial charge is 0.326 e. The summed E-state index contributed by atoms with van der Waals surface area (Å²) in [5.41, 5.74) is 1.85. The van der Waals surface area contributed by atoms with Crippen LogP contribution in [0.1, 0.15) is 11.4 Å². The first-order valence-corrected chi connectivity index (χ1v) is 8.66. The Hall–Kier alpha value is -0.820. The maximum atomic E-state index is 12.0. The highest BCUT2D eigenvalue weighted by atomic mass is 35.5. The summed E-state index contributed by atoms with van der Waals surface area (Å²) in [4.78, 5) is 16.5. The van der Waals surface area contributed by atoms with Gasteiger partial charge in [-0.1, -0.05) is 0 Å². The first-order valence-electron chi connectivity index (χ1n) is 6.69. The highest BCUT2D eigenvalue weighted by Gasteiger charge is 2.16. The molecule has 1 aliphatic rings. The summed E-state index contributed by atoms with van der Waals surface area (Å²) in [6.45, 7) is 2.99. The van der Waals surface area contributed by atoms with Gasteiger partial charge in [0.1, 0.15) is 0 Å². The molecule has 0 radical (unpaired) electrons. The van der Waals surface area contributed by atoms with Gasteiger partial charge in [-0.2, -0.15) is 11.8 Å². The van der Waals surface area contributed by atoms with Gasteiger partial charge >= 0.3 is 0 Å². The summed E-state index contributed by atoms with van der Waals surface area (Å²) in [6, 6.07) is 6.18. The summed E-state index contributed by atoms with van der Waals surface area (Å²) >= 11 is 3.56. The van der Waals surface area contributed by atoms with Crippen molar-refractivity contribution in [2.24, 2.45) is 0 Å². The number of nitrogens with zero attached hydrogens (tertiary/aromatic N) is 1. The minimum atomic E-state index is 0. The van der Waals surface area contributed by atoms with Crippen LogP contribution in [-0.2, 0) is 4.79 Å². The van der Waals surface area contributed by atoms with Crippen LogP contribution in [0.4, 0.5) is 5.69 Å². The normalized spacial score (nSPS) is 18.2. The maximum Gasteiger partial charge on any atom is 0.225 e. The Morgan fingerprint density at radius 2 is 2.38 bits per heavy atom. The van der Waals surface area contributed by atoms with Crippen molar-refractivity contribution in [1.29, 1.82) is 0 Å². The Kier molecular flexibility index (Phi) is 5.87. The van der Waals surface area contributed by atoms with E-state index in [0.717, 1.165) is 39.0 Å². The second-order valence-corrected chi connectivity index (χ2v) is 7.28. The number of thiazole rings is 1. The Labute approximate surface area is 138 Å². The number of hydrogen-bond donors (Lipinski definition) is 2. The van der Waals surface area contributed by atoms with Gasteiger partial charge in [0.05, 0.1) is 15.2 Å². The van der Waals surface area contributed by atoms with Gasteiger partial charge in [0.2, 0.25) is 5.91 Å². The minimum Gasteiger partial charge on any atom is -0.326 e. The molecule has 2 heterocycles. The summed E-state index contributed by atoms with van der Waals surface area (Å²) in [5, 5.41) is 7.41. The lowest BCUT2D eigenvalue weighted by Crippen LogP contribution is -2.39. The number of aromatic nitrogens is 1. The van der Waals surface area contributed by atoms with Gasteiger partial charge in [0.15, 0.2) is 0 Å². The number of anilines is 1. The van der Waals surface area contributed by atoms with Crippen molar-refractivity contribution in [3.63, 3.8) is 0 Å². The molecule has 1 saturated heterocycles. The molecule has 7 heteroatoms. The zero-order valence-electron chi connectivity index (χ0n) is 11.7. The second-order valence-electron chi connectivity index (χ2n) is 4.89. The third-order valence-corrected chi connectivity index (χ3v) is 5.27. The molecule has 1 amide bonds. The molecule has 0 bridgehead atoms. The standard InChI is InChI=1S/C14H17N3OS2.ClH/c1-9-16-12-3-2-10(6-13(12)20-9)17-14(18)7-11-8-19-5-4-15-11;/h2-3,6,11,15H,4-5,7-8H2,1H3,(H,17,18);1H. The lowest BCUT2D eigenvalue weighted by molar-refractivity contribution is -0.116. The lowest BCUT2D eigenvalue weighted by Gasteiger charge is -2.22. The Morgan fingerprint density at radius 1 is 1.52 bits per heavy atom. The number of carbonyl (C=O) groups excluding carboxylic acids is 1. The molecule has 0 aliphatic carbocycles. The van der Waals surface area contributed by atoms with Crippen LogP contribution in [0.2, 0.25) is 0 Å². The molecule has 1 fully saturated rings. The van der Waals surface area contributed by atoms with Crippen LogP contribution in [0.5, 0.6) is 0 Å². The molecule has 2 N–H and O–H groups in total. The molecule has 1 unspecified atom stereocenters. The van der Waals surface area contributed by atoms with Crippen molar-refractivity contribution in [2.45, 2.75) is 19.4 Å². The number of aryl methyl sites for hydroxylation is 1. The van der Waals surface area contributed by atoms with Crippen LogP contribution >= 0.6 is 35.5 Å². The molecule has 2 aromatic rings. The van der Waals surface area contributed by atoms with Crippen LogP contribution < -0.4 is 10.6 Å². The zero-order valence-corrected chi connectivity index (χ0v) is 14.2. The van der Waals surface area contributed by atoms with E-state index < -0.39 is 0 Å². The lowest BCUT2D eigenvalue weighted by atomic mass is 10.2. The fourth-order valence-electron chi connectivity index (χ4n) is 2.30. The van der Waals surface area contributed by atoms with Gasteiger partial charge in [-0.25, -0.2) is 4.98 Å². The van der Waals surface area contributed by atoms with E-state index >= 15 is 0 Å². The zero-order chi connectivity index (χ0) is 13.9. The molecular formula is C14H18ClN3OS2. The smallest absolute Gasteiger partial charge is 0.225 e. The SMILES string of the molecule is Cc1nc2ccc(NC(=O)CC3CSCCN3)cc2s1.Cl. The van der Waals surface area contributed by atoms with Crippen molar-refractivity contribution in [3.8, 4) is 0 Å². The molecule has 1 aromatic carbocycles. The van der Waals surface area contributed by atoms with Gasteiger partial charge in [-0.05, 0) is 25.1 Å². The van der Waals surface area contributed by atoms with Crippen LogP contribution in [-0.4, -0.2) is 35.0 Å². The summed E-state index contributed by atoms with van der Waals surface area (Å²) < 4.78 is 1.12. The van der Waals surface area contributed by atoms with Crippen LogP contribution in [0.15, 0.2) is 18.2 Å². The third kappa shape index (κ3) is 4.32. The molecule has 3 rings (SSSR count). The number of halogens is 1. The van der Waals surface area contributed by atoms with E-state index in [1.54, 1.807) is 11.3 Å². The minimum absolute atomic E-state index is 0. The molecular weight excluding hydrogens is 326 g/mol. The third-order valence-electron chi connectivity index (χ3n) is 3.21. The topological polar surface area (TPSA) is 54.0 Å². The van der Waals surface area contributed by atoms with Gasteiger partial charge in [0.25, 0.3) is 0 Å². The van der Waals surface area contributed by atoms with E-state index in [2.05, 4.69) is 15.6 Å². The molecule has 4 nitrogen and oxygen atoms in total. The molecule has 0 saturated carbocycles. The fourth-order valence-corrected chi connectivity index (χ4v) is 4.12. The van der Waals surface area contributed by atoms with E-state index in [1.165, 1.54) is 0 Å². The average Bonchev–Trinajstić information content (AvgIpc) is 2.79. The summed E-state index contributed by atoms with van der Waals surface area (Å²) in [6.07, 6.45) is 0.534. The summed E-state index contributed by atoms with van der Waals surface area (Å²) in [5.74, 6) is 2.23. The predicted octanol–water partition coefficient (Wildman–Crippen LogP) is 3.06. The van der Waals surface area contributed by atoms with E-state index in [4.69, 9.17) is 0 Å². The quantitative estimate of drug-likeness (QED) is 0.899. The Balaban J connectivity index is 0.00000161. The van der Waals surface area contributed by atoms with E-state index in [0.29, 0.717) is 12.5 Å². The summed E-state index contributed by atoms with van der Waals surface area (Å²) in [7, 11) is 0. The second kappa shape index (κ2) is 7.45. The fraction of sp³-hybridized carbons (Fsp3) is 0.429. The van der Waals surface area contributed by atoms with E-state index in [1.807, 2.05) is 36.9 Å². The van der Waals surface area contributed by atoms with E-state index in [-0.39, 0.29) is 18.3 Å². The van der Waals surface area contributed by atoms with Crippen LogP contribution in [0, 0.1) is 6.92 Å². The molecule has 21 heavy (non-hydrogen) atoms. The van der Waals surface area contributed by atoms with Crippen molar-refractivity contribution < 1.29 is 4.79 Å². The predicted molar refractivity (Wildman–Crippen MR) is 94.0 cm³/mol. The van der Waals surface area contributed by atoms with Gasteiger partial charge in [0, 0.05) is 36.2 Å². The highest BCUT2D eigenvalue weighted by Crippen LogP contribution is 2.25. The monoisotopic (exact) mass is 343 g/mol. The average molecular weight is 344 g/mol. The maximum absolute atomic E-state index is 12.0. The molecule has 1 aliphatic heterocycles. The van der Waals surface area contributed by atoms with Gasteiger partial charge in [-0.15, -0.1) is 23.7 Å². The first kappa shape index (κ1) is 16.5. The van der Waals surface area contributed by atoms with Crippen molar-refractivity contribution in [3.05, 3.63) is 23.2 Å². The molecule has 114 valence electrons. The number of nitrogens with one attached hydrogen (secondary N) is 2. The van der Waals surface area contributed by atoms with Gasteiger partial charge < -0.3 is 10.6 Å². The van der Waals surface area contributed by atoms with Gasteiger partial charge in [-0.3, -0.25) is 4.79 Å². The number of thioether (sulfide) groups is 1. The van der Waals surface area contributed by atoms with E-state index in [9.17, 15) is 4.79 Å². The Morgan fingerprint density at radius 3 is 3.14 bits per heavy atom. The number of carbonyl (C=O) groups is 1. The molecule has 1 aromatic heterocycles. The molecule has 1 atom stereocenters. The number of amides is 1. The highest BCUT2D eigenvalue weighted by molar-refractivity contribution is 7.99. The van der Waals surface area contributed by atoms with Crippen LogP contribution in [0.25, 0.3) is 10.2 Å². The van der Waals surface area contributed by atoms with Crippen LogP contribution in [0.3, 0.4) is 0 Å². The number of benzene rings is 1. The van der Waals surface area contributed by atoms with Crippen molar-refractivity contribution >= 4 is 57.3 Å². The van der Waals surface area contributed by atoms with Crippen molar-refractivity contribution in [2.75, 3.05) is 23.4 Å². The first-order chi connectivity index (χ1) is 9.70. The number of fused-ring (bicyclic) bond motifs is 1. The number of rotatable bonds is 3. The number of hydrogen-bond acceptors (Lipinski definition) is 5. The van der Waals surface area contributed by atoms with Crippen molar-refractivity contribution in [1.82, 2.24) is 10.3 Å². The Bertz CT molecular complexity index is 626. The molecule has 0 spiro atoms.